The van der Waals surface area contributed by atoms with Crippen LogP contribution >= 0.6 is 0 Å². The van der Waals surface area contributed by atoms with Gasteiger partial charge in [0.15, 0.2) is 5.75 Å². The molecule has 0 fully saturated rings. The van der Waals surface area contributed by atoms with Crippen molar-refractivity contribution < 1.29 is 4.74 Å². The predicted octanol–water partition coefficient (Wildman–Crippen LogP) is 3.28. The van der Waals surface area contributed by atoms with E-state index in [1.54, 1.807) is 0 Å². The van der Waals surface area contributed by atoms with Crippen LogP contribution in [-0.4, -0.2) is 23.1 Å². The van der Waals surface area contributed by atoms with Crippen molar-refractivity contribution in [1.82, 2.24) is 15.3 Å². The van der Waals surface area contributed by atoms with Crippen molar-refractivity contribution >= 4 is 0 Å². The van der Waals surface area contributed by atoms with Crippen molar-refractivity contribution in [1.29, 1.82) is 0 Å². The average Bonchev–Trinajstić information content (AvgIpc) is 2.40. The maximum atomic E-state index is 5.78. The van der Waals surface area contributed by atoms with Crippen molar-refractivity contribution in [2.45, 2.75) is 59.4 Å². The van der Waals surface area contributed by atoms with E-state index in [2.05, 4.69) is 43.0 Å². The first-order valence-electron chi connectivity index (χ1n) is 7.38. The molecule has 1 heterocycles. The van der Waals surface area contributed by atoms with Crippen molar-refractivity contribution in [3.63, 3.8) is 0 Å². The molecule has 0 aliphatic rings. The molecule has 0 aliphatic heterocycles. The first-order valence-corrected chi connectivity index (χ1v) is 7.38. The summed E-state index contributed by atoms with van der Waals surface area (Å²) in [4.78, 5) is 9.01. The molecular weight excluding hydrogens is 238 g/mol. The monoisotopic (exact) mass is 265 g/mol. The van der Waals surface area contributed by atoms with Crippen molar-refractivity contribution in [2.75, 3.05) is 13.2 Å². The smallest absolute Gasteiger partial charge is 0.160 e. The lowest BCUT2D eigenvalue weighted by atomic mass is 10.2. The molecule has 0 saturated heterocycles. The van der Waals surface area contributed by atoms with E-state index < -0.39 is 0 Å². The van der Waals surface area contributed by atoms with Gasteiger partial charge in [-0.15, -0.1) is 0 Å². The molecule has 19 heavy (non-hydrogen) atoms. The van der Waals surface area contributed by atoms with Gasteiger partial charge in [0, 0.05) is 12.5 Å². The molecule has 0 aliphatic carbocycles. The van der Waals surface area contributed by atoms with E-state index in [4.69, 9.17) is 4.74 Å². The van der Waals surface area contributed by atoms with Crippen molar-refractivity contribution in [3.8, 4) is 5.75 Å². The zero-order chi connectivity index (χ0) is 14.1. The van der Waals surface area contributed by atoms with Crippen LogP contribution < -0.4 is 10.1 Å². The Labute approximate surface area is 117 Å². The summed E-state index contributed by atoms with van der Waals surface area (Å²) in [7, 11) is 0. The summed E-state index contributed by atoms with van der Waals surface area (Å²) >= 11 is 0. The van der Waals surface area contributed by atoms with Crippen LogP contribution in [0.25, 0.3) is 0 Å². The number of nitrogens with zero attached hydrogens (tertiary/aromatic N) is 2. The molecule has 0 aromatic carbocycles. The Balaban J connectivity index is 2.75. The number of rotatable bonds is 9. The molecule has 0 atom stereocenters. The van der Waals surface area contributed by atoms with Crippen molar-refractivity contribution in [3.05, 3.63) is 17.7 Å². The number of hydrogen-bond acceptors (Lipinski definition) is 4. The zero-order valence-electron chi connectivity index (χ0n) is 12.7. The van der Waals surface area contributed by atoms with Crippen LogP contribution in [0.15, 0.2) is 6.20 Å². The summed E-state index contributed by atoms with van der Waals surface area (Å²) in [5, 5.41) is 3.38. The maximum Gasteiger partial charge on any atom is 0.160 e. The highest BCUT2D eigenvalue weighted by molar-refractivity contribution is 5.25. The Hall–Kier alpha value is -1.16. The molecule has 4 nitrogen and oxygen atoms in total. The van der Waals surface area contributed by atoms with Gasteiger partial charge in [0.2, 0.25) is 0 Å². The first kappa shape index (κ1) is 15.9. The second kappa shape index (κ2) is 8.86. The van der Waals surface area contributed by atoms with E-state index in [1.165, 1.54) is 0 Å². The van der Waals surface area contributed by atoms with Crippen LogP contribution in [0, 0.1) is 0 Å². The van der Waals surface area contributed by atoms with Crippen LogP contribution in [0.4, 0.5) is 0 Å². The van der Waals surface area contributed by atoms with Gasteiger partial charge in [0.1, 0.15) is 5.82 Å². The highest BCUT2D eigenvalue weighted by Gasteiger charge is 2.10. The summed E-state index contributed by atoms with van der Waals surface area (Å²) in [6.45, 7) is 11.0. The van der Waals surface area contributed by atoms with Gasteiger partial charge >= 0.3 is 0 Å². The lowest BCUT2D eigenvalue weighted by Crippen LogP contribution is -2.17. The minimum absolute atomic E-state index is 0.342. The van der Waals surface area contributed by atoms with Gasteiger partial charge < -0.3 is 10.1 Å². The van der Waals surface area contributed by atoms with Gasteiger partial charge in [-0.2, -0.15) is 0 Å². The van der Waals surface area contributed by atoms with E-state index in [9.17, 15) is 0 Å². The fourth-order valence-corrected chi connectivity index (χ4v) is 1.66. The number of aromatic nitrogens is 2. The zero-order valence-corrected chi connectivity index (χ0v) is 12.7. The van der Waals surface area contributed by atoms with Crippen LogP contribution in [-0.2, 0) is 6.54 Å². The van der Waals surface area contributed by atoms with E-state index in [0.717, 1.165) is 56.2 Å². The standard InChI is InChI=1S/C15H27N3O/c1-5-7-9-19-14-11-17-15(12(3)4)18-13(14)10-16-8-6-2/h11-12,16H,5-10H2,1-4H3. The summed E-state index contributed by atoms with van der Waals surface area (Å²) in [5.74, 6) is 2.05. The Bertz CT molecular complexity index is 366. The topological polar surface area (TPSA) is 47.0 Å². The van der Waals surface area contributed by atoms with Crippen LogP contribution in [0.2, 0.25) is 0 Å². The van der Waals surface area contributed by atoms with E-state index in [-0.39, 0.29) is 0 Å². The van der Waals surface area contributed by atoms with E-state index >= 15 is 0 Å². The van der Waals surface area contributed by atoms with Gasteiger partial charge in [-0.05, 0) is 19.4 Å². The quantitative estimate of drug-likeness (QED) is 0.696. The SMILES string of the molecule is CCCCOc1cnc(C(C)C)nc1CNCCC. The molecule has 0 radical (unpaired) electrons. The van der Waals surface area contributed by atoms with Crippen LogP contribution in [0.1, 0.15) is 64.4 Å². The number of unbranched alkanes of at least 4 members (excludes halogenated alkanes) is 1. The second-order valence-corrected chi connectivity index (χ2v) is 5.07. The normalized spacial score (nSPS) is 11.0. The minimum atomic E-state index is 0.342. The summed E-state index contributed by atoms with van der Waals surface area (Å²) in [5.41, 5.74) is 0.975. The molecule has 1 aromatic heterocycles. The molecule has 1 N–H and O–H groups in total. The number of hydrogen-bond donors (Lipinski definition) is 1. The summed E-state index contributed by atoms with van der Waals surface area (Å²) < 4.78 is 5.78. The highest BCUT2D eigenvalue weighted by Crippen LogP contribution is 2.18. The van der Waals surface area contributed by atoms with E-state index in [1.807, 2.05) is 6.20 Å². The van der Waals surface area contributed by atoms with E-state index in [0.29, 0.717) is 5.92 Å². The molecule has 0 saturated carbocycles. The van der Waals surface area contributed by atoms with Gasteiger partial charge in [-0.25, -0.2) is 9.97 Å². The van der Waals surface area contributed by atoms with Crippen LogP contribution in [0.5, 0.6) is 5.75 Å². The highest BCUT2D eigenvalue weighted by atomic mass is 16.5. The second-order valence-electron chi connectivity index (χ2n) is 5.07. The largest absolute Gasteiger partial charge is 0.490 e. The average molecular weight is 265 g/mol. The van der Waals surface area contributed by atoms with Gasteiger partial charge in [-0.1, -0.05) is 34.1 Å². The fraction of sp³-hybridized carbons (Fsp3) is 0.733. The van der Waals surface area contributed by atoms with Crippen LogP contribution in [0.3, 0.4) is 0 Å². The minimum Gasteiger partial charge on any atom is -0.490 e. The fourth-order valence-electron chi connectivity index (χ4n) is 1.66. The Morgan fingerprint density at radius 3 is 2.68 bits per heavy atom. The summed E-state index contributed by atoms with van der Waals surface area (Å²) in [6, 6.07) is 0. The maximum absolute atomic E-state index is 5.78. The molecule has 1 aromatic rings. The third-order valence-corrected chi connectivity index (χ3v) is 2.84. The Morgan fingerprint density at radius 2 is 2.05 bits per heavy atom. The number of ether oxygens (including phenoxy) is 1. The molecular formula is C15H27N3O. The first-order chi connectivity index (χ1) is 9.19. The predicted molar refractivity (Wildman–Crippen MR) is 78.5 cm³/mol. The molecule has 4 heteroatoms. The third-order valence-electron chi connectivity index (χ3n) is 2.84. The lowest BCUT2D eigenvalue weighted by molar-refractivity contribution is 0.301. The molecule has 108 valence electrons. The Kier molecular flexibility index (Phi) is 7.41. The van der Waals surface area contributed by atoms with Crippen molar-refractivity contribution in [2.24, 2.45) is 0 Å². The number of nitrogens with one attached hydrogen (secondary N) is 1. The van der Waals surface area contributed by atoms with Gasteiger partial charge in [-0.3, -0.25) is 0 Å². The molecule has 0 unspecified atom stereocenters. The molecule has 0 spiro atoms. The lowest BCUT2D eigenvalue weighted by Gasteiger charge is -2.13. The molecule has 0 amide bonds. The molecule has 1 rings (SSSR count). The van der Waals surface area contributed by atoms with Gasteiger partial charge in [0.25, 0.3) is 0 Å². The third kappa shape index (κ3) is 5.55. The molecule has 0 bridgehead atoms. The van der Waals surface area contributed by atoms with Gasteiger partial charge in [0.05, 0.1) is 18.5 Å². The Morgan fingerprint density at radius 1 is 1.26 bits per heavy atom. The summed E-state index contributed by atoms with van der Waals surface area (Å²) in [6.07, 6.45) is 5.14.